The van der Waals surface area contributed by atoms with Crippen LogP contribution in [0.5, 0.6) is 5.75 Å². The first-order valence-corrected chi connectivity index (χ1v) is 7.46. The van der Waals surface area contributed by atoms with Crippen molar-refractivity contribution >= 4 is 11.3 Å². The number of rotatable bonds is 2. The Morgan fingerprint density at radius 3 is 2.50 bits per heavy atom. The molecular weight excluding hydrogens is 242 g/mol. The summed E-state index contributed by atoms with van der Waals surface area (Å²) in [5.41, 5.74) is 2.36. The van der Waals surface area contributed by atoms with Crippen molar-refractivity contribution in [3.8, 4) is 16.3 Å². The van der Waals surface area contributed by atoms with Crippen LogP contribution in [-0.2, 0) is 0 Å². The highest BCUT2D eigenvalue weighted by atomic mass is 32.1. The molecule has 1 aromatic heterocycles. The van der Waals surface area contributed by atoms with Gasteiger partial charge in [-0.15, -0.1) is 11.3 Å². The molecule has 0 spiro atoms. The third-order valence-corrected chi connectivity index (χ3v) is 4.57. The monoisotopic (exact) mass is 259 g/mol. The predicted octanol–water partition coefficient (Wildman–Crippen LogP) is 4.56. The van der Waals surface area contributed by atoms with Crippen molar-refractivity contribution in [1.29, 1.82) is 0 Å². The third kappa shape index (κ3) is 2.41. The van der Waals surface area contributed by atoms with E-state index in [1.807, 2.05) is 12.1 Å². The number of aromatic nitrogens is 1. The lowest BCUT2D eigenvalue weighted by Gasteiger charge is -2.19. The molecule has 2 aromatic rings. The van der Waals surface area contributed by atoms with Gasteiger partial charge in [-0.05, 0) is 37.1 Å². The Bertz CT molecular complexity index is 512. The quantitative estimate of drug-likeness (QED) is 0.857. The summed E-state index contributed by atoms with van der Waals surface area (Å²) in [4.78, 5) is 4.77. The maximum atomic E-state index is 9.30. The summed E-state index contributed by atoms with van der Waals surface area (Å²) in [5, 5.41) is 12.6. The van der Waals surface area contributed by atoms with Crippen molar-refractivity contribution in [2.45, 2.75) is 38.0 Å². The topological polar surface area (TPSA) is 33.1 Å². The van der Waals surface area contributed by atoms with Crippen LogP contribution in [0.2, 0.25) is 0 Å². The molecule has 0 aliphatic heterocycles. The number of phenols is 1. The van der Waals surface area contributed by atoms with Gasteiger partial charge in [0.1, 0.15) is 10.8 Å². The van der Waals surface area contributed by atoms with E-state index in [4.69, 9.17) is 4.98 Å². The van der Waals surface area contributed by atoms with E-state index >= 15 is 0 Å². The summed E-state index contributed by atoms with van der Waals surface area (Å²) in [6.07, 6.45) is 6.65. The van der Waals surface area contributed by atoms with Gasteiger partial charge in [-0.3, -0.25) is 0 Å². The highest BCUT2D eigenvalue weighted by Gasteiger charge is 2.18. The number of aromatic hydroxyl groups is 1. The van der Waals surface area contributed by atoms with Crippen LogP contribution in [0.25, 0.3) is 10.6 Å². The van der Waals surface area contributed by atoms with E-state index in [1.54, 1.807) is 23.5 Å². The van der Waals surface area contributed by atoms with Crippen LogP contribution in [-0.4, -0.2) is 10.1 Å². The maximum Gasteiger partial charge on any atom is 0.123 e. The van der Waals surface area contributed by atoms with Crippen LogP contribution in [0, 0.1) is 0 Å². The van der Waals surface area contributed by atoms with Gasteiger partial charge in [0.05, 0.1) is 5.69 Å². The Kier molecular flexibility index (Phi) is 3.33. The number of hydrogen-bond donors (Lipinski definition) is 1. The fourth-order valence-corrected chi connectivity index (χ4v) is 3.52. The van der Waals surface area contributed by atoms with Gasteiger partial charge in [-0.2, -0.15) is 0 Å². The first-order chi connectivity index (χ1) is 8.83. The fraction of sp³-hybridized carbons (Fsp3) is 0.400. The van der Waals surface area contributed by atoms with E-state index < -0.39 is 0 Å². The Labute approximate surface area is 111 Å². The zero-order valence-electron chi connectivity index (χ0n) is 10.3. The minimum atomic E-state index is 0.308. The largest absolute Gasteiger partial charge is 0.508 e. The summed E-state index contributed by atoms with van der Waals surface area (Å²) in [7, 11) is 0. The van der Waals surface area contributed by atoms with E-state index in [-0.39, 0.29) is 0 Å². The normalized spacial score (nSPS) is 16.9. The Morgan fingerprint density at radius 1 is 1.06 bits per heavy atom. The van der Waals surface area contributed by atoms with Gasteiger partial charge in [0.25, 0.3) is 0 Å². The van der Waals surface area contributed by atoms with E-state index in [9.17, 15) is 5.11 Å². The van der Waals surface area contributed by atoms with Crippen molar-refractivity contribution < 1.29 is 5.11 Å². The van der Waals surface area contributed by atoms with Crippen LogP contribution in [0.3, 0.4) is 0 Å². The smallest absolute Gasteiger partial charge is 0.123 e. The average Bonchev–Trinajstić information content (AvgIpc) is 2.90. The molecule has 1 aromatic carbocycles. The van der Waals surface area contributed by atoms with Crippen LogP contribution in [0.4, 0.5) is 0 Å². The molecule has 1 fully saturated rings. The second-order valence-corrected chi connectivity index (χ2v) is 5.82. The number of benzene rings is 1. The molecule has 0 bridgehead atoms. The van der Waals surface area contributed by atoms with Gasteiger partial charge in [0.2, 0.25) is 0 Å². The van der Waals surface area contributed by atoms with Crippen molar-refractivity contribution in [2.75, 3.05) is 0 Å². The van der Waals surface area contributed by atoms with Gasteiger partial charge in [-0.1, -0.05) is 19.3 Å². The molecule has 3 heteroatoms. The average molecular weight is 259 g/mol. The van der Waals surface area contributed by atoms with Crippen molar-refractivity contribution in [3.05, 3.63) is 35.3 Å². The van der Waals surface area contributed by atoms with E-state index in [1.165, 1.54) is 37.8 Å². The number of thiazole rings is 1. The lowest BCUT2D eigenvalue weighted by Crippen LogP contribution is -2.04. The minimum absolute atomic E-state index is 0.308. The molecule has 0 saturated heterocycles. The molecule has 0 unspecified atom stereocenters. The Hall–Kier alpha value is -1.35. The van der Waals surface area contributed by atoms with Crippen molar-refractivity contribution in [3.63, 3.8) is 0 Å². The SMILES string of the molecule is Oc1ccc(-c2nc(C3CCCCC3)cs2)cc1. The highest BCUT2D eigenvalue weighted by Crippen LogP contribution is 2.35. The number of nitrogens with zero attached hydrogens (tertiary/aromatic N) is 1. The van der Waals surface area contributed by atoms with E-state index in [0.29, 0.717) is 11.7 Å². The van der Waals surface area contributed by atoms with Crippen LogP contribution >= 0.6 is 11.3 Å². The molecule has 1 N–H and O–H groups in total. The third-order valence-electron chi connectivity index (χ3n) is 3.66. The molecular formula is C15H17NOS. The summed E-state index contributed by atoms with van der Waals surface area (Å²) in [6.45, 7) is 0. The summed E-state index contributed by atoms with van der Waals surface area (Å²) >= 11 is 1.71. The molecule has 0 radical (unpaired) electrons. The molecule has 2 nitrogen and oxygen atoms in total. The van der Waals surface area contributed by atoms with Gasteiger partial charge in [0, 0.05) is 16.9 Å². The molecule has 0 atom stereocenters. The zero-order chi connectivity index (χ0) is 12.4. The Balaban J connectivity index is 1.82. The summed E-state index contributed by atoms with van der Waals surface area (Å²) < 4.78 is 0. The number of hydrogen-bond acceptors (Lipinski definition) is 3. The molecule has 18 heavy (non-hydrogen) atoms. The van der Waals surface area contributed by atoms with Crippen LogP contribution < -0.4 is 0 Å². The molecule has 94 valence electrons. The molecule has 1 aliphatic carbocycles. The fourth-order valence-electron chi connectivity index (χ4n) is 2.61. The van der Waals surface area contributed by atoms with Gasteiger partial charge in [-0.25, -0.2) is 4.98 Å². The lowest BCUT2D eigenvalue weighted by molar-refractivity contribution is 0.438. The van der Waals surface area contributed by atoms with Crippen LogP contribution in [0.15, 0.2) is 29.6 Å². The summed E-state index contributed by atoms with van der Waals surface area (Å²) in [5.74, 6) is 0.976. The molecule has 1 saturated carbocycles. The highest BCUT2D eigenvalue weighted by molar-refractivity contribution is 7.13. The van der Waals surface area contributed by atoms with Crippen molar-refractivity contribution in [1.82, 2.24) is 4.98 Å². The lowest BCUT2D eigenvalue weighted by atomic mass is 9.87. The molecule has 1 heterocycles. The molecule has 3 rings (SSSR count). The Morgan fingerprint density at radius 2 is 1.78 bits per heavy atom. The van der Waals surface area contributed by atoms with E-state index in [0.717, 1.165) is 10.6 Å². The maximum absolute atomic E-state index is 9.30. The first kappa shape index (κ1) is 11.7. The van der Waals surface area contributed by atoms with E-state index in [2.05, 4.69) is 5.38 Å². The molecule has 0 amide bonds. The molecule has 1 aliphatic rings. The first-order valence-electron chi connectivity index (χ1n) is 6.58. The zero-order valence-corrected chi connectivity index (χ0v) is 11.1. The van der Waals surface area contributed by atoms with Gasteiger partial charge in [0.15, 0.2) is 0 Å². The number of phenolic OH excluding ortho intramolecular Hbond substituents is 1. The summed E-state index contributed by atoms with van der Waals surface area (Å²) in [6, 6.07) is 7.30. The second-order valence-electron chi connectivity index (χ2n) is 4.96. The van der Waals surface area contributed by atoms with Crippen molar-refractivity contribution in [2.24, 2.45) is 0 Å². The van der Waals surface area contributed by atoms with Gasteiger partial charge < -0.3 is 5.11 Å². The standard InChI is InChI=1S/C15H17NOS/c17-13-8-6-12(7-9-13)15-16-14(10-18-15)11-4-2-1-3-5-11/h6-11,17H,1-5H2. The minimum Gasteiger partial charge on any atom is -0.508 e. The predicted molar refractivity (Wildman–Crippen MR) is 75.0 cm³/mol. The second kappa shape index (κ2) is 5.11. The van der Waals surface area contributed by atoms with Crippen LogP contribution in [0.1, 0.15) is 43.7 Å². The van der Waals surface area contributed by atoms with Gasteiger partial charge >= 0.3 is 0 Å².